The Balaban J connectivity index is 0.000000472. The summed E-state index contributed by atoms with van der Waals surface area (Å²) in [5, 5.41) is 8.23. The highest BCUT2D eigenvalue weighted by molar-refractivity contribution is 7.85. The van der Waals surface area contributed by atoms with Gasteiger partial charge in [0.15, 0.2) is 0 Å². The molecule has 0 radical (unpaired) electrons. The van der Waals surface area contributed by atoms with Gasteiger partial charge in [-0.1, -0.05) is 33.1 Å². The van der Waals surface area contributed by atoms with E-state index >= 15 is 0 Å². The summed E-state index contributed by atoms with van der Waals surface area (Å²) in [5.41, 5.74) is 10.8. The average Bonchev–Trinajstić information content (AvgIpc) is 2.45. The SMILES string of the molecule is CC(C)C(N)C(=O)O.NCC1(CCS(=O)(=O)O)CCCCC1. The van der Waals surface area contributed by atoms with Crippen LogP contribution >= 0.6 is 0 Å². The molecule has 1 unspecified atom stereocenters. The second kappa shape index (κ2) is 9.44. The first-order valence-electron chi connectivity index (χ1n) is 7.66. The zero-order valence-electron chi connectivity index (χ0n) is 13.5. The Labute approximate surface area is 133 Å². The molecule has 0 aromatic carbocycles. The van der Waals surface area contributed by atoms with Crippen LogP contribution < -0.4 is 11.5 Å². The van der Waals surface area contributed by atoms with Gasteiger partial charge in [0, 0.05) is 0 Å². The fraction of sp³-hybridized carbons (Fsp3) is 0.929. The number of carbonyl (C=O) groups is 1. The van der Waals surface area contributed by atoms with Crippen molar-refractivity contribution in [3.8, 4) is 0 Å². The van der Waals surface area contributed by atoms with E-state index in [1.54, 1.807) is 13.8 Å². The minimum Gasteiger partial charge on any atom is -0.480 e. The van der Waals surface area contributed by atoms with E-state index in [4.69, 9.17) is 21.1 Å². The normalized spacial score (nSPS) is 19.2. The van der Waals surface area contributed by atoms with Crippen LogP contribution in [0, 0.1) is 11.3 Å². The second-order valence-electron chi connectivity index (χ2n) is 6.41. The average molecular weight is 338 g/mol. The molecule has 0 bridgehead atoms. The van der Waals surface area contributed by atoms with Crippen molar-refractivity contribution in [1.29, 1.82) is 0 Å². The molecule has 1 fully saturated rings. The summed E-state index contributed by atoms with van der Waals surface area (Å²) in [7, 11) is -3.83. The minimum atomic E-state index is -3.83. The molecule has 22 heavy (non-hydrogen) atoms. The molecule has 7 nitrogen and oxygen atoms in total. The monoisotopic (exact) mass is 338 g/mol. The Bertz CT molecular complexity index is 431. The molecule has 1 atom stereocenters. The van der Waals surface area contributed by atoms with Gasteiger partial charge in [0.25, 0.3) is 10.1 Å². The lowest BCUT2D eigenvalue weighted by Gasteiger charge is -2.35. The van der Waals surface area contributed by atoms with Gasteiger partial charge in [-0.2, -0.15) is 8.42 Å². The molecule has 1 saturated carbocycles. The van der Waals surface area contributed by atoms with Crippen LogP contribution in [0.2, 0.25) is 0 Å². The van der Waals surface area contributed by atoms with E-state index in [2.05, 4.69) is 0 Å². The molecule has 1 aliphatic rings. The Hall–Kier alpha value is -0.700. The summed E-state index contributed by atoms with van der Waals surface area (Å²) in [6, 6.07) is -0.713. The standard InChI is InChI=1S/C9H19NO3S.C5H11NO2/c10-8-9(4-2-1-3-5-9)6-7-14(11,12)13;1-3(2)4(6)5(7)8/h1-8,10H2,(H,11,12,13);3-4H,6H2,1-2H3,(H,7,8). The molecule has 1 rings (SSSR count). The first kappa shape index (κ1) is 21.3. The third-order valence-corrected chi connectivity index (χ3v) is 4.96. The maximum Gasteiger partial charge on any atom is 0.320 e. The van der Waals surface area contributed by atoms with Crippen molar-refractivity contribution in [3.05, 3.63) is 0 Å². The lowest BCUT2D eigenvalue weighted by atomic mass is 9.72. The highest BCUT2D eigenvalue weighted by atomic mass is 32.2. The molecule has 8 heteroatoms. The molecular weight excluding hydrogens is 308 g/mol. The van der Waals surface area contributed by atoms with E-state index in [-0.39, 0.29) is 17.1 Å². The van der Waals surface area contributed by atoms with Gasteiger partial charge in [-0.25, -0.2) is 0 Å². The van der Waals surface area contributed by atoms with E-state index in [0.29, 0.717) is 13.0 Å². The Morgan fingerprint density at radius 3 is 2.00 bits per heavy atom. The van der Waals surface area contributed by atoms with Crippen molar-refractivity contribution < 1.29 is 22.9 Å². The Morgan fingerprint density at radius 1 is 1.23 bits per heavy atom. The number of carboxylic acids is 1. The molecule has 0 spiro atoms. The first-order chi connectivity index (χ1) is 10.0. The van der Waals surface area contributed by atoms with Crippen molar-refractivity contribution in [2.45, 2.75) is 58.4 Å². The summed E-state index contributed by atoms with van der Waals surface area (Å²) in [5.74, 6) is -1.06. The van der Waals surface area contributed by atoms with Gasteiger partial charge in [-0.05, 0) is 37.1 Å². The molecule has 132 valence electrons. The predicted molar refractivity (Wildman–Crippen MR) is 86.1 cm³/mol. The van der Waals surface area contributed by atoms with Crippen molar-refractivity contribution in [2.24, 2.45) is 22.8 Å². The van der Waals surface area contributed by atoms with E-state index in [1.165, 1.54) is 6.42 Å². The number of aliphatic carboxylic acids is 1. The molecule has 0 aliphatic heterocycles. The minimum absolute atomic E-state index is 0.0208. The Morgan fingerprint density at radius 2 is 1.73 bits per heavy atom. The number of hydrogen-bond acceptors (Lipinski definition) is 5. The number of carboxylic acid groups (broad SMARTS) is 1. The highest BCUT2D eigenvalue weighted by Crippen LogP contribution is 2.38. The molecule has 0 saturated heterocycles. The van der Waals surface area contributed by atoms with Crippen LogP contribution in [0.25, 0.3) is 0 Å². The van der Waals surface area contributed by atoms with Gasteiger partial charge < -0.3 is 16.6 Å². The fourth-order valence-corrected chi connectivity index (χ4v) is 3.18. The van der Waals surface area contributed by atoms with E-state index < -0.39 is 22.1 Å². The lowest BCUT2D eigenvalue weighted by molar-refractivity contribution is -0.139. The van der Waals surface area contributed by atoms with Gasteiger partial charge in [0.2, 0.25) is 0 Å². The molecular formula is C14H30N2O5S. The summed E-state index contributed by atoms with van der Waals surface area (Å²) >= 11 is 0. The van der Waals surface area contributed by atoms with Crippen LogP contribution in [-0.4, -0.2) is 42.4 Å². The number of rotatable bonds is 6. The van der Waals surface area contributed by atoms with Crippen molar-refractivity contribution in [1.82, 2.24) is 0 Å². The maximum atomic E-state index is 10.6. The fourth-order valence-electron chi connectivity index (χ4n) is 2.49. The van der Waals surface area contributed by atoms with Crippen LogP contribution in [-0.2, 0) is 14.9 Å². The number of nitrogens with two attached hydrogens (primary N) is 2. The largest absolute Gasteiger partial charge is 0.480 e. The first-order valence-corrected chi connectivity index (χ1v) is 9.27. The van der Waals surface area contributed by atoms with Gasteiger partial charge in [0.05, 0.1) is 5.75 Å². The maximum absolute atomic E-state index is 10.6. The van der Waals surface area contributed by atoms with Crippen molar-refractivity contribution in [2.75, 3.05) is 12.3 Å². The summed E-state index contributed by atoms with van der Waals surface area (Å²) < 4.78 is 30.0. The van der Waals surface area contributed by atoms with Gasteiger partial charge >= 0.3 is 5.97 Å². The van der Waals surface area contributed by atoms with Crippen molar-refractivity contribution >= 4 is 16.1 Å². The summed E-state index contributed by atoms with van der Waals surface area (Å²) in [6.45, 7) is 4.08. The predicted octanol–water partition coefficient (Wildman–Crippen LogP) is 1.23. The van der Waals surface area contributed by atoms with Crippen LogP contribution in [0.15, 0.2) is 0 Å². The Kier molecular flexibility index (Phi) is 9.14. The van der Waals surface area contributed by atoms with Gasteiger partial charge in [-0.15, -0.1) is 0 Å². The second-order valence-corrected chi connectivity index (χ2v) is 7.98. The zero-order chi connectivity index (χ0) is 17.4. The topological polar surface area (TPSA) is 144 Å². The molecule has 0 heterocycles. The smallest absolute Gasteiger partial charge is 0.320 e. The van der Waals surface area contributed by atoms with Crippen LogP contribution in [0.5, 0.6) is 0 Å². The van der Waals surface area contributed by atoms with Crippen LogP contribution in [0.1, 0.15) is 52.4 Å². The van der Waals surface area contributed by atoms with Gasteiger partial charge in [-0.3, -0.25) is 9.35 Å². The lowest BCUT2D eigenvalue weighted by Crippen LogP contribution is -2.34. The van der Waals surface area contributed by atoms with Gasteiger partial charge in [0.1, 0.15) is 6.04 Å². The van der Waals surface area contributed by atoms with E-state index in [1.807, 2.05) is 0 Å². The van der Waals surface area contributed by atoms with E-state index in [9.17, 15) is 13.2 Å². The molecule has 1 aliphatic carbocycles. The van der Waals surface area contributed by atoms with Crippen LogP contribution in [0.3, 0.4) is 0 Å². The molecule has 0 aromatic rings. The third kappa shape index (κ3) is 8.67. The summed E-state index contributed by atoms with van der Waals surface area (Å²) in [6.07, 6.45) is 5.97. The number of hydrogen-bond donors (Lipinski definition) is 4. The third-order valence-electron chi connectivity index (χ3n) is 4.24. The molecule has 0 amide bonds. The molecule has 6 N–H and O–H groups in total. The quantitative estimate of drug-likeness (QED) is 0.533. The zero-order valence-corrected chi connectivity index (χ0v) is 14.3. The summed E-state index contributed by atoms with van der Waals surface area (Å²) in [4.78, 5) is 10.0. The highest BCUT2D eigenvalue weighted by Gasteiger charge is 2.31. The van der Waals surface area contributed by atoms with E-state index in [0.717, 1.165) is 25.7 Å². The molecule has 0 aromatic heterocycles. The van der Waals surface area contributed by atoms with Crippen molar-refractivity contribution in [3.63, 3.8) is 0 Å². The van der Waals surface area contributed by atoms with Crippen LogP contribution in [0.4, 0.5) is 0 Å².